The van der Waals surface area contributed by atoms with Crippen molar-refractivity contribution < 1.29 is 0 Å². The van der Waals surface area contributed by atoms with Gasteiger partial charge < -0.3 is 15.5 Å². The van der Waals surface area contributed by atoms with Crippen LogP contribution in [0.3, 0.4) is 0 Å². The molecule has 1 aromatic rings. The summed E-state index contributed by atoms with van der Waals surface area (Å²) in [5.74, 6) is 2.31. The first-order valence-corrected chi connectivity index (χ1v) is 11.5. The van der Waals surface area contributed by atoms with E-state index in [1.165, 1.54) is 50.2 Å². The number of nitrogens with zero attached hydrogens (tertiary/aromatic N) is 3. The van der Waals surface area contributed by atoms with Crippen molar-refractivity contribution in [1.82, 2.24) is 20.4 Å². The molecular formula is C21H37N5S. The van der Waals surface area contributed by atoms with Gasteiger partial charge in [0.15, 0.2) is 5.96 Å². The first-order chi connectivity index (χ1) is 13.2. The van der Waals surface area contributed by atoms with Gasteiger partial charge in [0, 0.05) is 37.1 Å². The Bertz CT molecular complexity index is 573. The molecule has 1 aromatic heterocycles. The fourth-order valence-electron chi connectivity index (χ4n) is 4.59. The first-order valence-electron chi connectivity index (χ1n) is 10.6. The van der Waals surface area contributed by atoms with Gasteiger partial charge >= 0.3 is 0 Å². The molecule has 3 unspecified atom stereocenters. The van der Waals surface area contributed by atoms with Gasteiger partial charge in [-0.2, -0.15) is 0 Å². The Balaban J connectivity index is 1.58. The predicted molar refractivity (Wildman–Crippen MR) is 117 cm³/mol. The Hall–Kier alpha value is -1.11. The van der Waals surface area contributed by atoms with Crippen LogP contribution < -0.4 is 10.6 Å². The second-order valence-electron chi connectivity index (χ2n) is 8.21. The van der Waals surface area contributed by atoms with E-state index in [1.54, 1.807) is 0 Å². The van der Waals surface area contributed by atoms with Crippen LogP contribution in [0.2, 0.25) is 0 Å². The van der Waals surface area contributed by atoms with Crippen molar-refractivity contribution in [1.29, 1.82) is 0 Å². The molecule has 3 atom stereocenters. The molecule has 5 nitrogen and oxygen atoms in total. The minimum atomic E-state index is 0.529. The summed E-state index contributed by atoms with van der Waals surface area (Å²) in [6, 6.07) is 5.00. The van der Waals surface area contributed by atoms with E-state index in [1.807, 2.05) is 11.3 Å². The Labute approximate surface area is 169 Å². The van der Waals surface area contributed by atoms with Gasteiger partial charge in [0.2, 0.25) is 0 Å². The van der Waals surface area contributed by atoms with Gasteiger partial charge in [0.1, 0.15) is 0 Å². The number of rotatable bonds is 6. The van der Waals surface area contributed by atoms with Crippen LogP contribution in [-0.2, 0) is 0 Å². The lowest BCUT2D eigenvalue weighted by atomic mass is 9.88. The van der Waals surface area contributed by atoms with Crippen molar-refractivity contribution in [3.63, 3.8) is 0 Å². The first kappa shape index (κ1) is 20.6. The second kappa shape index (κ2) is 10.4. The summed E-state index contributed by atoms with van der Waals surface area (Å²) in [4.78, 5) is 11.4. The van der Waals surface area contributed by atoms with E-state index >= 15 is 0 Å². The van der Waals surface area contributed by atoms with Gasteiger partial charge in [-0.05, 0) is 83.1 Å². The van der Waals surface area contributed by atoms with E-state index in [-0.39, 0.29) is 0 Å². The van der Waals surface area contributed by atoms with Crippen LogP contribution in [-0.4, -0.2) is 69.1 Å². The van der Waals surface area contributed by atoms with Crippen molar-refractivity contribution in [2.24, 2.45) is 16.8 Å². The molecule has 0 amide bonds. The number of hydrogen-bond donors (Lipinski definition) is 2. The highest BCUT2D eigenvalue weighted by atomic mass is 32.1. The Morgan fingerprint density at radius 3 is 2.81 bits per heavy atom. The number of likely N-dealkylation sites (tertiary alicyclic amines) is 2. The number of thiophene rings is 1. The highest BCUT2D eigenvalue weighted by Gasteiger charge is 2.31. The van der Waals surface area contributed by atoms with Gasteiger partial charge in [-0.25, -0.2) is 0 Å². The van der Waals surface area contributed by atoms with Gasteiger partial charge in [0.25, 0.3) is 0 Å². The molecule has 3 heterocycles. The smallest absolute Gasteiger partial charge is 0.191 e. The quantitative estimate of drug-likeness (QED) is 0.578. The maximum Gasteiger partial charge on any atom is 0.191 e. The minimum absolute atomic E-state index is 0.529. The van der Waals surface area contributed by atoms with Crippen molar-refractivity contribution >= 4 is 17.3 Å². The molecule has 0 aromatic carbocycles. The zero-order chi connectivity index (χ0) is 19.1. The highest BCUT2D eigenvalue weighted by Crippen LogP contribution is 2.36. The highest BCUT2D eigenvalue weighted by molar-refractivity contribution is 7.10. The van der Waals surface area contributed by atoms with Gasteiger partial charge in [0.05, 0.1) is 0 Å². The summed E-state index contributed by atoms with van der Waals surface area (Å²) in [5.41, 5.74) is 0. The lowest BCUT2D eigenvalue weighted by Crippen LogP contribution is -2.45. The molecule has 2 aliphatic rings. The fraction of sp³-hybridized carbons (Fsp3) is 0.762. The maximum absolute atomic E-state index is 4.92. The van der Waals surface area contributed by atoms with Gasteiger partial charge in [-0.3, -0.25) is 9.89 Å². The molecule has 0 bridgehead atoms. The molecule has 0 radical (unpaired) electrons. The molecule has 0 saturated carbocycles. The third-order valence-electron chi connectivity index (χ3n) is 5.95. The third kappa shape index (κ3) is 5.93. The monoisotopic (exact) mass is 391 g/mol. The van der Waals surface area contributed by atoms with E-state index in [4.69, 9.17) is 4.99 Å². The van der Waals surface area contributed by atoms with Crippen molar-refractivity contribution in [3.8, 4) is 0 Å². The summed E-state index contributed by atoms with van der Waals surface area (Å²) < 4.78 is 0. The predicted octanol–water partition coefficient (Wildman–Crippen LogP) is 3.03. The van der Waals surface area contributed by atoms with Crippen LogP contribution in [0.4, 0.5) is 0 Å². The molecule has 2 saturated heterocycles. The van der Waals surface area contributed by atoms with Crippen LogP contribution in [0.15, 0.2) is 22.5 Å². The molecule has 6 heteroatoms. The summed E-state index contributed by atoms with van der Waals surface area (Å²) in [7, 11) is 4.50. The lowest BCUT2D eigenvalue weighted by Gasteiger charge is -2.39. The van der Waals surface area contributed by atoms with Crippen LogP contribution in [0.1, 0.15) is 43.5 Å². The molecule has 2 aliphatic heterocycles. The van der Waals surface area contributed by atoms with Crippen LogP contribution in [0.25, 0.3) is 0 Å². The molecule has 0 aliphatic carbocycles. The lowest BCUT2D eigenvalue weighted by molar-refractivity contribution is 0.125. The summed E-state index contributed by atoms with van der Waals surface area (Å²) in [6.45, 7) is 8.59. The Morgan fingerprint density at radius 1 is 1.22 bits per heavy atom. The molecule has 2 N–H and O–H groups in total. The van der Waals surface area contributed by atoms with Gasteiger partial charge in [-0.1, -0.05) is 6.07 Å². The number of nitrogens with one attached hydrogen (secondary N) is 2. The number of piperidine rings is 2. The zero-order valence-corrected chi connectivity index (χ0v) is 18.1. The molecule has 27 heavy (non-hydrogen) atoms. The summed E-state index contributed by atoms with van der Waals surface area (Å²) in [5, 5.41) is 9.31. The molecule has 0 spiro atoms. The number of aliphatic imine (C=N–C) groups is 1. The van der Waals surface area contributed by atoms with Crippen molar-refractivity contribution in [2.45, 2.75) is 38.6 Å². The maximum atomic E-state index is 4.92. The van der Waals surface area contributed by atoms with E-state index in [9.17, 15) is 0 Å². The largest absolute Gasteiger partial charge is 0.357 e. The average Bonchev–Trinajstić information content (AvgIpc) is 3.18. The topological polar surface area (TPSA) is 42.9 Å². The molecule has 3 rings (SSSR count). The molecule has 152 valence electrons. The van der Waals surface area contributed by atoms with E-state index in [2.05, 4.69) is 59.0 Å². The average molecular weight is 392 g/mol. The molecule has 2 fully saturated rings. The number of hydrogen-bond acceptors (Lipinski definition) is 4. The molecular weight excluding hydrogens is 354 g/mol. The Kier molecular flexibility index (Phi) is 7.97. The van der Waals surface area contributed by atoms with E-state index in [0.717, 1.165) is 25.6 Å². The van der Waals surface area contributed by atoms with Crippen LogP contribution >= 0.6 is 11.3 Å². The van der Waals surface area contributed by atoms with Crippen LogP contribution in [0, 0.1) is 11.8 Å². The zero-order valence-electron chi connectivity index (χ0n) is 17.3. The van der Waals surface area contributed by atoms with Crippen molar-refractivity contribution in [2.75, 3.05) is 53.4 Å². The Morgan fingerprint density at radius 2 is 2.07 bits per heavy atom. The van der Waals surface area contributed by atoms with Crippen molar-refractivity contribution in [3.05, 3.63) is 22.4 Å². The summed E-state index contributed by atoms with van der Waals surface area (Å²) in [6.07, 6.45) is 5.18. The standard InChI is InChI=1S/C21H37N5S/c1-4-22-21(23-14-17-8-5-11-25(2)16-17)24-15-18-9-6-12-26(3)20(18)19-10-7-13-27-19/h7,10,13,17-18,20H,4-6,8-9,11-12,14-16H2,1-3H3,(H2,22,23,24). The fourth-order valence-corrected chi connectivity index (χ4v) is 5.58. The van der Waals surface area contributed by atoms with E-state index in [0.29, 0.717) is 17.9 Å². The normalized spacial score (nSPS) is 28.3. The van der Waals surface area contributed by atoms with E-state index < -0.39 is 0 Å². The number of guanidine groups is 1. The van der Waals surface area contributed by atoms with Crippen LogP contribution in [0.5, 0.6) is 0 Å². The SMILES string of the molecule is CCNC(=NCC1CCCN(C)C1)NCC1CCCN(C)C1c1cccs1. The minimum Gasteiger partial charge on any atom is -0.357 e. The third-order valence-corrected chi connectivity index (χ3v) is 6.89. The van der Waals surface area contributed by atoms with Gasteiger partial charge in [-0.15, -0.1) is 11.3 Å². The summed E-state index contributed by atoms with van der Waals surface area (Å²) >= 11 is 1.89. The second-order valence-corrected chi connectivity index (χ2v) is 9.19.